The van der Waals surface area contributed by atoms with E-state index < -0.39 is 87.6 Å². The van der Waals surface area contributed by atoms with Crippen molar-refractivity contribution >= 4 is 211 Å². The van der Waals surface area contributed by atoms with E-state index in [1.807, 2.05) is 72.8 Å². The highest BCUT2D eigenvalue weighted by Crippen LogP contribution is 2.47. The SMILES string of the molecule is COCCOCCSC1CC(=O)N(CCC(=O)NC2C(=O)N3C(C(=O)O)=C(CSc4ccc([N+](C)=O)cc4)CSC23)C1=O.COc1ccc(CCC(=O)C2=C(CSc3ccc([N+](C)=O)cc3)CSC3C(NC(=O)CCN4C(=O)C=CC4=O)C(=O)N23)cc1.COc1ccc(COC(=O)C2=C(CSc3ccc([N+](C)=O)cc3)CSC3C(N)C(=O)N23)cc1.C[N+](=O)c1ccc(SCC2=C(C(=O)O)N3C(=O)C(N)C3SC2)cc1. The number of nitrogens with zero attached hydrogens (tertiary/aromatic N) is 10. The van der Waals surface area contributed by atoms with Crippen molar-refractivity contribution in [1.29, 1.82) is 0 Å². The number of rotatable bonds is 42. The van der Waals surface area contributed by atoms with E-state index in [9.17, 15) is 97.0 Å². The molecule has 16 rings (SSSR count). The van der Waals surface area contributed by atoms with E-state index in [4.69, 9.17) is 35.2 Å². The van der Waals surface area contributed by atoms with Crippen LogP contribution in [0, 0.1) is 19.6 Å². The van der Waals surface area contributed by atoms with Gasteiger partial charge in [-0.25, -0.2) is 14.4 Å². The summed E-state index contributed by atoms with van der Waals surface area (Å²) in [6, 6.07) is 40.1. The van der Waals surface area contributed by atoms with Crippen molar-refractivity contribution in [2.75, 3.05) is 134 Å². The number of aliphatic carboxylic acids is 2. The van der Waals surface area contributed by atoms with E-state index in [0.29, 0.717) is 129 Å². The van der Waals surface area contributed by atoms with Crippen molar-refractivity contribution in [2.45, 2.75) is 109 Å². The summed E-state index contributed by atoms with van der Waals surface area (Å²) < 4.78 is 29.3. The molecule has 10 aliphatic heterocycles. The number of allylic oxidation sites excluding steroid dienone is 1. The minimum Gasteiger partial charge on any atom is -0.497 e. The molecule has 0 saturated carbocycles. The third-order valence-electron chi connectivity index (χ3n) is 23.8. The highest BCUT2D eigenvalue weighted by atomic mass is 32.2. The minimum atomic E-state index is -1.22. The van der Waals surface area contributed by atoms with Gasteiger partial charge in [-0.15, -0.1) is 106 Å². The number of Topliss-reactive ketones (excluding diaryl/α,β-unsaturated/α-hetero) is 1. The summed E-state index contributed by atoms with van der Waals surface area (Å²) in [7, 11) is 10.5. The number of carbonyl (C=O) groups is 14. The Morgan fingerprint density at radius 3 is 1.18 bits per heavy atom. The van der Waals surface area contributed by atoms with Gasteiger partial charge in [-0.2, -0.15) is 0 Å². The zero-order valence-corrected chi connectivity index (χ0v) is 86.3. The van der Waals surface area contributed by atoms with Crippen molar-refractivity contribution in [2.24, 2.45) is 11.5 Å². The molecule has 10 heterocycles. The number of amides is 10. The first-order valence-electron chi connectivity index (χ1n) is 44.9. The lowest BCUT2D eigenvalue weighted by molar-refractivity contribution is -0.428. The van der Waals surface area contributed by atoms with Crippen molar-refractivity contribution in [3.63, 3.8) is 0 Å². The first kappa shape index (κ1) is 109. The number of hydrogen-bond donors (Lipinski definition) is 6. The van der Waals surface area contributed by atoms with Gasteiger partial charge in [0.1, 0.15) is 80.9 Å². The summed E-state index contributed by atoms with van der Waals surface area (Å²) in [5, 5.41) is 22.7. The summed E-state index contributed by atoms with van der Waals surface area (Å²) in [4.78, 5) is 232. The Balaban J connectivity index is 0.000000165. The van der Waals surface area contributed by atoms with Gasteiger partial charge in [-0.05, 0) is 113 Å². The number of nitrogens with one attached hydrogen (secondary N) is 2. The summed E-state index contributed by atoms with van der Waals surface area (Å²) >= 11 is 13.1. The number of methoxy groups -OCH3 is 3. The maximum absolute atomic E-state index is 13.7. The van der Waals surface area contributed by atoms with Crippen LogP contribution in [0.25, 0.3) is 0 Å². The summed E-state index contributed by atoms with van der Waals surface area (Å²) in [5.41, 5.74) is 19.2. The number of β-lactam (4-membered cyclic amide) rings is 4. The Labute approximate surface area is 865 Å². The predicted molar refractivity (Wildman–Crippen MR) is 546 cm³/mol. The number of esters is 1. The van der Waals surface area contributed by atoms with E-state index in [1.54, 1.807) is 106 Å². The third-order valence-corrected chi connectivity index (χ3v) is 34.7. The minimum absolute atomic E-state index is 0.0612. The number of hydrogen-bond acceptors (Lipinski definition) is 34. The van der Waals surface area contributed by atoms with Crippen LogP contribution >= 0.6 is 106 Å². The maximum Gasteiger partial charge on any atom is 0.355 e. The van der Waals surface area contributed by atoms with Crippen LogP contribution in [0.5, 0.6) is 11.5 Å². The summed E-state index contributed by atoms with van der Waals surface area (Å²) in [6.07, 6.45) is 2.76. The van der Waals surface area contributed by atoms with E-state index in [-0.39, 0.29) is 103 Å². The number of ketones is 1. The summed E-state index contributed by atoms with van der Waals surface area (Å²) in [6.45, 7) is 1.26. The van der Waals surface area contributed by atoms with Crippen molar-refractivity contribution < 1.29 is 120 Å². The van der Waals surface area contributed by atoms with Crippen molar-refractivity contribution in [1.82, 2.24) is 40.0 Å². The van der Waals surface area contributed by atoms with E-state index in [2.05, 4.69) is 10.6 Å². The fourth-order valence-electron chi connectivity index (χ4n) is 15.9. The molecule has 6 aromatic rings. The van der Waals surface area contributed by atoms with Crippen LogP contribution in [-0.4, -0.2) is 327 Å². The zero-order chi connectivity index (χ0) is 103. The monoisotopic (exact) mass is 2140 g/mol. The number of fused-ring (bicyclic) bond motifs is 4. The average molecular weight is 2140 g/mol. The molecule has 8 N–H and O–H groups in total. The van der Waals surface area contributed by atoms with Crippen LogP contribution in [-0.2, 0) is 94.4 Å². The van der Waals surface area contributed by atoms with Crippen LogP contribution in [0.3, 0.4) is 0 Å². The van der Waals surface area contributed by atoms with Crippen LogP contribution in [0.15, 0.2) is 222 Å². The number of thioether (sulfide) groups is 9. The molecule has 758 valence electrons. The molecule has 0 bridgehead atoms. The molecule has 0 spiro atoms. The fraction of sp³-hybridized carbons (Fsp3) is 0.375. The molecule has 9 atom stereocenters. The number of carbonyl (C=O) groups excluding carboxylic acids is 12. The van der Waals surface area contributed by atoms with Crippen LogP contribution in [0.4, 0.5) is 22.7 Å². The lowest BCUT2D eigenvalue weighted by Crippen LogP contribution is -2.70. The van der Waals surface area contributed by atoms with E-state index in [1.165, 1.54) is 142 Å². The Bertz CT molecular complexity index is 6160. The van der Waals surface area contributed by atoms with Gasteiger partial charge in [0.2, 0.25) is 35.4 Å². The predicted octanol–water partition coefficient (Wildman–Crippen LogP) is 8.94. The number of imide groups is 2. The van der Waals surface area contributed by atoms with Gasteiger partial charge in [0, 0.05) is 217 Å². The Morgan fingerprint density at radius 1 is 0.431 bits per heavy atom. The Morgan fingerprint density at radius 2 is 0.792 bits per heavy atom. The molecule has 9 unspecified atom stereocenters. The van der Waals surface area contributed by atoms with Gasteiger partial charge in [-0.3, -0.25) is 82.1 Å². The first-order chi connectivity index (χ1) is 69.1. The molecule has 144 heavy (non-hydrogen) atoms. The van der Waals surface area contributed by atoms with Gasteiger partial charge in [-0.1, -0.05) is 24.3 Å². The number of ether oxygens (including phenoxy) is 5. The topological polar surface area (TPSA) is 501 Å². The molecular weight excluding hydrogens is 2040 g/mol. The molecule has 0 aromatic heterocycles. The molecule has 6 aromatic carbocycles. The normalized spacial score (nSPS) is 20.6. The van der Waals surface area contributed by atoms with E-state index >= 15 is 0 Å². The number of nitrogens with two attached hydrogens (primary N) is 2. The van der Waals surface area contributed by atoms with Crippen molar-refractivity contribution in [3.8, 4) is 11.5 Å². The largest absolute Gasteiger partial charge is 0.497 e. The number of likely N-dealkylation sites (tertiary alicyclic amines) is 1. The molecule has 39 nitrogen and oxygen atoms in total. The number of benzene rings is 6. The van der Waals surface area contributed by atoms with Gasteiger partial charge < -0.3 is 56.0 Å². The van der Waals surface area contributed by atoms with Gasteiger partial charge in [0.25, 0.3) is 46.4 Å². The molecule has 0 radical (unpaired) electrons. The molecular formula is C96H104N14O25S9+4. The molecule has 5 fully saturated rings. The van der Waals surface area contributed by atoms with Crippen molar-refractivity contribution in [3.05, 3.63) is 234 Å². The number of carboxylic acids is 2. The molecule has 5 saturated heterocycles. The smallest absolute Gasteiger partial charge is 0.355 e. The van der Waals surface area contributed by atoms with Crippen LogP contribution in [0.2, 0.25) is 0 Å². The second-order valence-corrected chi connectivity index (χ2v) is 43.2. The van der Waals surface area contributed by atoms with Gasteiger partial charge in [0.15, 0.2) is 34.0 Å². The Hall–Kier alpha value is -11.8. The van der Waals surface area contributed by atoms with Gasteiger partial charge >= 0.3 is 17.9 Å². The maximum atomic E-state index is 13.7. The highest BCUT2D eigenvalue weighted by molar-refractivity contribution is 8.02. The Kier molecular flexibility index (Phi) is 38.6. The molecule has 10 aliphatic rings. The lowest BCUT2D eigenvalue weighted by atomic mass is 9.97. The quantitative estimate of drug-likeness (QED) is 0.00520. The standard InChI is InChI=1S/C31H30N4O7S2.C27H32N4O9S3.C23H24N3O5S2.C15H15N3O4S2/c1-33(41)21-6-10-23(11-7-21)43-17-20-18-44-31-28(32-25(37)15-16-34-26(38)13-14-27(34)39)30(40)35(31)29(20)24(36)12-5-19-3-8-22(42-2)9-4-19;1-29(38)17-3-5-18(6-4-17)42-14-16-15-43-26-22(25(35)31(26)23(16)27(36)37)28-20(32)7-8-30-21(33)13-19(24(30)34)41-12-11-40-10-9-39-2;1-25(29)16-5-9-18(10-6-16)32-12-15-13-33-22-19(24)21(27)26(22)20(15)23(28)31-11-14-3-7-17(30-2)8-4-14;1-17(22)9-2-4-10(5-3-9)23-6-8-7-24-14-11(16)13(19)18(14)12(8)15(20)21/h3-4,6-11,13-14,28,31H,5,12,15-18H2,1-2H3;3-6,19,22,26H,7-15H2,1-2H3,(H-,28,32,36,37);3-10,19,22H,11-13,24H2,1-2H3;2-5,11,14H,6-7,16H2,1H3/q;;+1;/p+3. The number of carboxylic acid groups (broad SMARTS) is 2. The molecule has 0 aliphatic carbocycles. The zero-order valence-electron chi connectivity index (χ0n) is 78.9. The number of nitroso groups, excluding NO2 is 4. The van der Waals surface area contributed by atoms with Gasteiger partial charge in [0.05, 0.1) is 45.0 Å². The second-order valence-electron chi connectivity index (χ2n) is 33.2. The van der Waals surface area contributed by atoms with E-state index in [0.717, 1.165) is 88.6 Å². The van der Waals surface area contributed by atoms with Crippen LogP contribution < -0.4 is 31.6 Å². The molecule has 10 amide bonds. The van der Waals surface area contributed by atoms with Crippen LogP contribution in [0.1, 0.15) is 36.8 Å². The first-order valence-corrected chi connectivity index (χ1v) is 54.1. The fourth-order valence-corrected chi connectivity index (χ4v) is 26.4. The lowest BCUT2D eigenvalue weighted by Gasteiger charge is -2.50. The third kappa shape index (κ3) is 26.7. The second kappa shape index (κ2) is 50.8. The highest BCUT2D eigenvalue weighted by Gasteiger charge is 2.57. The molecule has 48 heteroatoms. The summed E-state index contributed by atoms with van der Waals surface area (Å²) in [5.74, 6) is -1.34. The average Bonchev–Trinajstić information content (AvgIpc) is 0.906. The number of aryl methyl sites for hydroxylation is 1.